The zero-order chi connectivity index (χ0) is 13.5. The summed E-state index contributed by atoms with van der Waals surface area (Å²) in [6.07, 6.45) is 1.48. The summed E-state index contributed by atoms with van der Waals surface area (Å²) in [6, 6.07) is -0.986. The van der Waals surface area contributed by atoms with Crippen LogP contribution in [0.5, 0.6) is 0 Å². The van der Waals surface area contributed by atoms with Crippen molar-refractivity contribution >= 4 is 12.0 Å². The van der Waals surface area contributed by atoms with Crippen LogP contribution in [0, 0.1) is 5.92 Å². The van der Waals surface area contributed by atoms with Crippen LogP contribution in [0.2, 0.25) is 0 Å². The highest BCUT2D eigenvalue weighted by atomic mass is 16.5. The van der Waals surface area contributed by atoms with E-state index in [4.69, 9.17) is 9.84 Å². The fraction of sp³-hybridized carbons (Fsp3) is 0.833. The molecule has 2 unspecified atom stereocenters. The summed E-state index contributed by atoms with van der Waals surface area (Å²) in [6.45, 7) is 6.07. The van der Waals surface area contributed by atoms with Gasteiger partial charge in [0.05, 0.1) is 0 Å². The third-order valence-electron chi connectivity index (χ3n) is 3.16. The van der Waals surface area contributed by atoms with Crippen molar-refractivity contribution in [2.24, 2.45) is 5.92 Å². The minimum atomic E-state index is -0.926. The zero-order valence-electron chi connectivity index (χ0n) is 11.0. The highest BCUT2D eigenvalue weighted by Crippen LogP contribution is 2.23. The van der Waals surface area contributed by atoms with Crippen molar-refractivity contribution in [1.82, 2.24) is 10.2 Å². The molecule has 0 spiro atoms. The fourth-order valence-corrected chi connectivity index (χ4v) is 2.17. The first kappa shape index (κ1) is 14.8. The third-order valence-corrected chi connectivity index (χ3v) is 3.16. The Morgan fingerprint density at radius 3 is 2.83 bits per heavy atom. The number of nitrogens with zero attached hydrogens (tertiary/aromatic N) is 1. The lowest BCUT2D eigenvalue weighted by Gasteiger charge is -2.23. The molecule has 1 rings (SSSR count). The van der Waals surface area contributed by atoms with Crippen LogP contribution in [-0.4, -0.2) is 54.4 Å². The van der Waals surface area contributed by atoms with Gasteiger partial charge in [-0.05, 0) is 25.7 Å². The summed E-state index contributed by atoms with van der Waals surface area (Å²) >= 11 is 0. The second kappa shape index (κ2) is 7.20. The standard InChI is InChI=1S/C12H22N2O4/c1-3-18-8-4-6-13-12(17)14-7-5-9(2)10(14)11(15)16/h9-10H,3-8H2,1-2H3,(H,13,17)(H,15,16). The maximum absolute atomic E-state index is 11.8. The largest absolute Gasteiger partial charge is 0.480 e. The van der Waals surface area contributed by atoms with Gasteiger partial charge in [-0.25, -0.2) is 9.59 Å². The van der Waals surface area contributed by atoms with Gasteiger partial charge in [-0.15, -0.1) is 0 Å². The lowest BCUT2D eigenvalue weighted by molar-refractivity contribution is -0.142. The third kappa shape index (κ3) is 3.87. The zero-order valence-corrected chi connectivity index (χ0v) is 11.0. The molecule has 0 aliphatic carbocycles. The predicted molar refractivity (Wildman–Crippen MR) is 66.4 cm³/mol. The van der Waals surface area contributed by atoms with E-state index >= 15 is 0 Å². The van der Waals surface area contributed by atoms with Crippen LogP contribution in [0.3, 0.4) is 0 Å². The topological polar surface area (TPSA) is 78.9 Å². The monoisotopic (exact) mass is 258 g/mol. The van der Waals surface area contributed by atoms with E-state index in [2.05, 4.69) is 5.32 Å². The Balaban J connectivity index is 2.34. The number of ether oxygens (including phenoxy) is 1. The van der Waals surface area contributed by atoms with Gasteiger partial charge in [0.2, 0.25) is 0 Å². The number of likely N-dealkylation sites (tertiary alicyclic amines) is 1. The van der Waals surface area contributed by atoms with Gasteiger partial charge >= 0.3 is 12.0 Å². The Morgan fingerprint density at radius 1 is 1.50 bits per heavy atom. The summed E-state index contributed by atoms with van der Waals surface area (Å²) in [5.41, 5.74) is 0. The average molecular weight is 258 g/mol. The molecule has 6 nitrogen and oxygen atoms in total. The Hall–Kier alpha value is -1.30. The van der Waals surface area contributed by atoms with Crippen molar-refractivity contribution < 1.29 is 19.4 Å². The van der Waals surface area contributed by atoms with E-state index in [-0.39, 0.29) is 11.9 Å². The van der Waals surface area contributed by atoms with E-state index < -0.39 is 12.0 Å². The molecule has 0 saturated carbocycles. The van der Waals surface area contributed by atoms with Crippen molar-refractivity contribution in [2.45, 2.75) is 32.7 Å². The molecule has 0 aromatic rings. The number of hydrogen-bond acceptors (Lipinski definition) is 3. The fourth-order valence-electron chi connectivity index (χ4n) is 2.17. The summed E-state index contributed by atoms with van der Waals surface area (Å²) < 4.78 is 5.16. The minimum absolute atomic E-state index is 0.0108. The van der Waals surface area contributed by atoms with Gasteiger partial charge in [-0.3, -0.25) is 0 Å². The van der Waals surface area contributed by atoms with E-state index in [1.165, 1.54) is 4.90 Å². The number of amides is 2. The molecule has 2 atom stereocenters. The second-order valence-electron chi connectivity index (χ2n) is 4.52. The van der Waals surface area contributed by atoms with Crippen molar-refractivity contribution in [3.8, 4) is 0 Å². The lowest BCUT2D eigenvalue weighted by atomic mass is 10.0. The molecule has 1 aliphatic rings. The van der Waals surface area contributed by atoms with Gasteiger partial charge in [0.1, 0.15) is 6.04 Å². The van der Waals surface area contributed by atoms with E-state index in [9.17, 15) is 9.59 Å². The normalized spacial score (nSPS) is 23.1. The van der Waals surface area contributed by atoms with Crippen LogP contribution in [0.15, 0.2) is 0 Å². The summed E-state index contributed by atoms with van der Waals surface area (Å²) in [7, 11) is 0. The maximum Gasteiger partial charge on any atom is 0.326 e. The SMILES string of the molecule is CCOCCCNC(=O)N1CCC(C)C1C(=O)O. The van der Waals surface area contributed by atoms with Gasteiger partial charge in [0.25, 0.3) is 0 Å². The van der Waals surface area contributed by atoms with E-state index in [0.29, 0.717) is 26.3 Å². The Morgan fingerprint density at radius 2 is 2.22 bits per heavy atom. The first-order valence-electron chi connectivity index (χ1n) is 6.43. The molecule has 1 fully saturated rings. The number of urea groups is 1. The summed E-state index contributed by atoms with van der Waals surface area (Å²) in [5.74, 6) is -0.916. The Bertz CT molecular complexity index is 296. The van der Waals surface area contributed by atoms with Crippen molar-refractivity contribution in [3.05, 3.63) is 0 Å². The molecule has 1 saturated heterocycles. The number of rotatable bonds is 6. The molecule has 0 aromatic carbocycles. The highest BCUT2D eigenvalue weighted by molar-refractivity contribution is 5.83. The smallest absolute Gasteiger partial charge is 0.326 e. The average Bonchev–Trinajstić information content (AvgIpc) is 2.70. The highest BCUT2D eigenvalue weighted by Gasteiger charge is 2.39. The van der Waals surface area contributed by atoms with Crippen molar-refractivity contribution in [3.63, 3.8) is 0 Å². The molecular formula is C12H22N2O4. The number of carbonyl (C=O) groups is 2. The minimum Gasteiger partial charge on any atom is -0.480 e. The summed E-state index contributed by atoms with van der Waals surface area (Å²) in [5, 5.41) is 11.8. The molecule has 0 aromatic heterocycles. The van der Waals surface area contributed by atoms with Gasteiger partial charge < -0.3 is 20.1 Å². The van der Waals surface area contributed by atoms with Crippen LogP contribution in [-0.2, 0) is 9.53 Å². The molecular weight excluding hydrogens is 236 g/mol. The van der Waals surface area contributed by atoms with Crippen molar-refractivity contribution in [2.75, 3.05) is 26.3 Å². The predicted octanol–water partition coefficient (Wildman–Crippen LogP) is 0.918. The van der Waals surface area contributed by atoms with Gasteiger partial charge in [-0.1, -0.05) is 6.92 Å². The van der Waals surface area contributed by atoms with Crippen LogP contribution in [0.25, 0.3) is 0 Å². The number of aliphatic carboxylic acids is 1. The van der Waals surface area contributed by atoms with Crippen LogP contribution in [0.1, 0.15) is 26.7 Å². The van der Waals surface area contributed by atoms with E-state index in [1.807, 2.05) is 13.8 Å². The quantitative estimate of drug-likeness (QED) is 0.694. The van der Waals surface area contributed by atoms with Crippen LogP contribution >= 0.6 is 0 Å². The first-order chi connectivity index (χ1) is 8.57. The van der Waals surface area contributed by atoms with Crippen LogP contribution < -0.4 is 5.32 Å². The lowest BCUT2D eigenvalue weighted by Crippen LogP contribution is -2.47. The molecule has 2 amide bonds. The number of carboxylic acid groups (broad SMARTS) is 1. The Kier molecular flexibility index (Phi) is 5.91. The molecule has 104 valence electrons. The molecule has 0 radical (unpaired) electrons. The molecule has 18 heavy (non-hydrogen) atoms. The molecule has 6 heteroatoms. The number of nitrogens with one attached hydrogen (secondary N) is 1. The first-order valence-corrected chi connectivity index (χ1v) is 6.43. The number of carboxylic acids is 1. The molecule has 1 aliphatic heterocycles. The van der Waals surface area contributed by atoms with Gasteiger partial charge in [0, 0.05) is 26.3 Å². The molecule has 0 bridgehead atoms. The van der Waals surface area contributed by atoms with E-state index in [0.717, 1.165) is 12.8 Å². The van der Waals surface area contributed by atoms with Crippen molar-refractivity contribution in [1.29, 1.82) is 0 Å². The number of carbonyl (C=O) groups excluding carboxylic acids is 1. The van der Waals surface area contributed by atoms with Gasteiger partial charge in [0.15, 0.2) is 0 Å². The van der Waals surface area contributed by atoms with Gasteiger partial charge in [-0.2, -0.15) is 0 Å². The molecule has 2 N–H and O–H groups in total. The summed E-state index contributed by atoms with van der Waals surface area (Å²) in [4.78, 5) is 24.4. The van der Waals surface area contributed by atoms with Crippen LogP contribution in [0.4, 0.5) is 4.79 Å². The number of hydrogen-bond donors (Lipinski definition) is 2. The Labute approximate surface area is 107 Å². The van der Waals surface area contributed by atoms with E-state index in [1.54, 1.807) is 0 Å². The second-order valence-corrected chi connectivity index (χ2v) is 4.52. The molecule has 1 heterocycles. The maximum atomic E-state index is 11.8.